The summed E-state index contributed by atoms with van der Waals surface area (Å²) in [7, 11) is 0. The number of aliphatic hydroxyl groups is 1. The maximum Gasteiger partial charge on any atom is 0.294 e. The number of anilines is 2. The molecule has 0 saturated heterocycles. The molecule has 3 amide bonds. The lowest BCUT2D eigenvalue weighted by molar-refractivity contribution is -0.384. The second-order valence-electron chi connectivity index (χ2n) is 7.99. The molecule has 4 rings (SSSR count). The van der Waals surface area contributed by atoms with E-state index in [1.807, 2.05) is 0 Å². The summed E-state index contributed by atoms with van der Waals surface area (Å²) in [6, 6.07) is 4.74. The smallest absolute Gasteiger partial charge is 0.294 e. The van der Waals surface area contributed by atoms with E-state index < -0.39 is 33.7 Å². The van der Waals surface area contributed by atoms with Gasteiger partial charge in [-0.1, -0.05) is 31.9 Å². The van der Waals surface area contributed by atoms with Gasteiger partial charge in [0.2, 0.25) is 17.7 Å². The molecule has 0 aromatic heterocycles. The van der Waals surface area contributed by atoms with Crippen LogP contribution in [0.1, 0.15) is 25.0 Å². The molecule has 2 atom stereocenters. The number of nitro groups is 2. The fourth-order valence-electron chi connectivity index (χ4n) is 3.62. The van der Waals surface area contributed by atoms with E-state index in [2.05, 4.69) is 47.8 Å². The summed E-state index contributed by atoms with van der Waals surface area (Å²) in [6.07, 6.45) is 0.530. The molecule has 2 aromatic carbocycles. The van der Waals surface area contributed by atoms with E-state index in [-0.39, 0.29) is 54.1 Å². The first-order valence-electron chi connectivity index (χ1n) is 11.0. The van der Waals surface area contributed by atoms with Gasteiger partial charge in [-0.05, 0) is 36.6 Å². The molecule has 0 saturated carbocycles. The van der Waals surface area contributed by atoms with Crippen LogP contribution < -0.4 is 21.7 Å². The van der Waals surface area contributed by atoms with Gasteiger partial charge in [0.05, 0.1) is 15.9 Å². The van der Waals surface area contributed by atoms with Gasteiger partial charge >= 0.3 is 0 Å². The number of carbonyl (C=O) groups is 3. The third kappa shape index (κ3) is 8.93. The fraction of sp³-hybridized carbons (Fsp3) is 0.318. The first-order chi connectivity index (χ1) is 17.8. The molecule has 2 aliphatic heterocycles. The van der Waals surface area contributed by atoms with Crippen LogP contribution in [0.4, 0.5) is 22.7 Å². The van der Waals surface area contributed by atoms with Crippen molar-refractivity contribution < 1.29 is 29.3 Å². The maximum atomic E-state index is 11.8. The average Bonchev–Trinajstić information content (AvgIpc) is 2.80. The zero-order valence-corrected chi connectivity index (χ0v) is 24.5. The van der Waals surface area contributed by atoms with Gasteiger partial charge in [-0.2, -0.15) is 0 Å². The van der Waals surface area contributed by atoms with E-state index in [0.717, 1.165) is 0 Å². The standard InChI is InChI=1S/C11H10BrN3O4.C9H8BrN3O3.C2H6O.ClH/c1-5(16)13-8-3-6-2-7(12)4-9(15(18)19)10(6)14-11(8)17;10-5-1-4-2-6(11)9(14)12-8(4)7(3-5)13(15)16;1-2-3;/h2,4,8H,3H2,1H3,(H,13,16)(H,14,17);1,3,6H,2,11H2,(H,12,14);3H,2H2,1H3;1H. The number of nitrogens with two attached hydrogens (primary N) is 1. The topological polar surface area (TPSA) is 220 Å². The number of hydrogen-bond donors (Lipinski definition) is 5. The van der Waals surface area contributed by atoms with Crippen molar-refractivity contribution in [1.82, 2.24) is 5.32 Å². The lowest BCUT2D eigenvalue weighted by Gasteiger charge is -2.24. The molecule has 0 bridgehead atoms. The fourth-order valence-corrected chi connectivity index (χ4v) is 4.61. The molecule has 212 valence electrons. The summed E-state index contributed by atoms with van der Waals surface area (Å²) in [5.74, 6) is -1.17. The molecule has 2 unspecified atom stereocenters. The van der Waals surface area contributed by atoms with E-state index in [0.29, 0.717) is 26.5 Å². The first-order valence-corrected chi connectivity index (χ1v) is 12.6. The highest BCUT2D eigenvalue weighted by Crippen LogP contribution is 2.36. The number of halogens is 3. The second kappa shape index (κ2) is 14.8. The summed E-state index contributed by atoms with van der Waals surface area (Å²) in [5, 5.41) is 36.8. The highest BCUT2D eigenvalue weighted by Gasteiger charge is 2.32. The molecule has 6 N–H and O–H groups in total. The molecule has 17 heteroatoms. The van der Waals surface area contributed by atoms with Gasteiger partial charge in [0.25, 0.3) is 11.4 Å². The van der Waals surface area contributed by atoms with Crippen LogP contribution in [-0.4, -0.2) is 51.4 Å². The van der Waals surface area contributed by atoms with Gasteiger partial charge in [0.15, 0.2) is 0 Å². The molecule has 0 spiro atoms. The Hall–Kier alpha value is -3.18. The predicted molar refractivity (Wildman–Crippen MR) is 152 cm³/mol. The van der Waals surface area contributed by atoms with Gasteiger partial charge in [-0.15, -0.1) is 12.4 Å². The molecule has 0 radical (unpaired) electrons. The quantitative estimate of drug-likeness (QED) is 0.235. The summed E-state index contributed by atoms with van der Waals surface area (Å²) >= 11 is 6.38. The van der Waals surface area contributed by atoms with Crippen molar-refractivity contribution >= 4 is 84.7 Å². The Morgan fingerprint density at radius 2 is 1.41 bits per heavy atom. The third-order valence-corrected chi connectivity index (χ3v) is 6.03. The van der Waals surface area contributed by atoms with Crippen LogP contribution in [0.25, 0.3) is 0 Å². The van der Waals surface area contributed by atoms with Crippen LogP contribution in [-0.2, 0) is 27.2 Å². The van der Waals surface area contributed by atoms with Crippen LogP contribution in [0.2, 0.25) is 0 Å². The number of hydrogen-bond acceptors (Lipinski definition) is 9. The summed E-state index contributed by atoms with van der Waals surface area (Å²) in [4.78, 5) is 54.8. The molecule has 2 heterocycles. The monoisotopic (exact) mass is 694 g/mol. The molecule has 0 aliphatic carbocycles. The lowest BCUT2D eigenvalue weighted by atomic mass is 9.98. The minimum absolute atomic E-state index is 0. The Labute approximate surface area is 245 Å². The minimum atomic E-state index is -0.709. The first kappa shape index (κ1) is 33.8. The van der Waals surface area contributed by atoms with Crippen molar-refractivity contribution in [2.24, 2.45) is 5.73 Å². The third-order valence-electron chi connectivity index (χ3n) is 5.11. The lowest BCUT2D eigenvalue weighted by Crippen LogP contribution is -2.47. The number of rotatable bonds is 3. The van der Waals surface area contributed by atoms with Crippen molar-refractivity contribution in [3.05, 3.63) is 64.6 Å². The number of aliphatic hydroxyl groups excluding tert-OH is 1. The number of nitro benzene ring substituents is 2. The van der Waals surface area contributed by atoms with Gasteiger partial charge in [-0.3, -0.25) is 34.6 Å². The van der Waals surface area contributed by atoms with Crippen molar-refractivity contribution in [3.63, 3.8) is 0 Å². The van der Waals surface area contributed by atoms with E-state index in [1.165, 1.54) is 19.1 Å². The van der Waals surface area contributed by atoms with Gasteiger partial charge in [0, 0.05) is 41.0 Å². The Balaban J connectivity index is 0.000000350. The highest BCUT2D eigenvalue weighted by atomic mass is 79.9. The molecule has 2 aromatic rings. The molecule has 0 fully saturated rings. The average molecular weight is 697 g/mol. The van der Waals surface area contributed by atoms with E-state index in [9.17, 15) is 34.6 Å². The van der Waals surface area contributed by atoms with Gasteiger partial charge in [-0.25, -0.2) is 0 Å². The summed E-state index contributed by atoms with van der Waals surface area (Å²) in [6.45, 7) is 3.24. The molecule has 14 nitrogen and oxygen atoms in total. The van der Waals surface area contributed by atoms with Crippen LogP contribution in [0.15, 0.2) is 33.2 Å². The Morgan fingerprint density at radius 1 is 1.00 bits per heavy atom. The Bertz CT molecular complexity index is 1300. The SMILES string of the molecule is CC(=O)NC1Cc2cc(Br)cc([N+](=O)[O-])c2NC1=O.CCO.Cl.NC1Cc2cc(Br)cc([N+](=O)[O-])c2NC1=O. The van der Waals surface area contributed by atoms with Crippen LogP contribution in [0.3, 0.4) is 0 Å². The normalized spacial score (nSPS) is 16.7. The van der Waals surface area contributed by atoms with Crippen LogP contribution in [0, 0.1) is 20.2 Å². The van der Waals surface area contributed by atoms with Crippen molar-refractivity contribution in [2.45, 2.75) is 38.8 Å². The Kier molecular flexibility index (Phi) is 12.9. The zero-order valence-electron chi connectivity index (χ0n) is 20.5. The number of carbonyl (C=O) groups excluding carboxylic acids is 3. The zero-order chi connectivity index (χ0) is 28.7. The van der Waals surface area contributed by atoms with Gasteiger partial charge in [0.1, 0.15) is 17.4 Å². The van der Waals surface area contributed by atoms with Crippen LogP contribution in [0.5, 0.6) is 0 Å². The number of nitrogens with one attached hydrogen (secondary N) is 3. The number of nitrogens with zero attached hydrogens (tertiary/aromatic N) is 2. The summed E-state index contributed by atoms with van der Waals surface area (Å²) < 4.78 is 1.15. The minimum Gasteiger partial charge on any atom is -0.397 e. The summed E-state index contributed by atoms with van der Waals surface area (Å²) in [5.41, 5.74) is 7.01. The molecular weight excluding hydrogens is 672 g/mol. The second-order valence-corrected chi connectivity index (χ2v) is 9.83. The molecule has 39 heavy (non-hydrogen) atoms. The van der Waals surface area contributed by atoms with E-state index in [1.54, 1.807) is 19.1 Å². The number of benzene rings is 2. The molecule has 2 aliphatic rings. The highest BCUT2D eigenvalue weighted by molar-refractivity contribution is 9.10. The molecular formula is C22H25Br2ClN6O8. The maximum absolute atomic E-state index is 11.8. The van der Waals surface area contributed by atoms with Crippen molar-refractivity contribution in [2.75, 3.05) is 17.2 Å². The van der Waals surface area contributed by atoms with Crippen molar-refractivity contribution in [1.29, 1.82) is 0 Å². The van der Waals surface area contributed by atoms with Crippen molar-refractivity contribution in [3.8, 4) is 0 Å². The Morgan fingerprint density at radius 3 is 1.82 bits per heavy atom. The largest absolute Gasteiger partial charge is 0.397 e. The van der Waals surface area contributed by atoms with E-state index >= 15 is 0 Å². The van der Waals surface area contributed by atoms with Gasteiger partial charge < -0.3 is 26.8 Å². The number of fused-ring (bicyclic) bond motifs is 2. The number of amides is 3. The van der Waals surface area contributed by atoms with Crippen LogP contribution >= 0.6 is 44.3 Å². The predicted octanol–water partition coefficient (Wildman–Crippen LogP) is 2.96. The van der Waals surface area contributed by atoms with E-state index in [4.69, 9.17) is 10.8 Å².